The van der Waals surface area contributed by atoms with E-state index in [4.69, 9.17) is 0 Å². The largest absolute Gasteiger partial charge is 0.346 e. The van der Waals surface area contributed by atoms with Crippen LogP contribution in [0.15, 0.2) is 60.8 Å². The molecule has 29 heavy (non-hydrogen) atoms. The number of aryl methyl sites for hydroxylation is 1. The second-order valence-corrected chi connectivity index (χ2v) is 8.21. The van der Waals surface area contributed by atoms with Gasteiger partial charge in [-0.25, -0.2) is 8.78 Å². The van der Waals surface area contributed by atoms with Crippen molar-refractivity contribution in [2.24, 2.45) is 5.92 Å². The summed E-state index contributed by atoms with van der Waals surface area (Å²) in [7, 11) is 0. The zero-order valence-corrected chi connectivity index (χ0v) is 17.7. The first-order valence-corrected chi connectivity index (χ1v) is 10.2. The van der Waals surface area contributed by atoms with Gasteiger partial charge in [-0.05, 0) is 49.6 Å². The minimum atomic E-state index is -0.485. The Hall–Kier alpha value is -2.46. The maximum absolute atomic E-state index is 14.3. The Morgan fingerprint density at radius 2 is 1.59 bits per heavy atom. The van der Waals surface area contributed by atoms with E-state index in [1.54, 1.807) is 0 Å². The highest BCUT2D eigenvalue weighted by atomic mass is 19.1. The molecule has 2 aromatic carbocycles. The van der Waals surface area contributed by atoms with Crippen molar-refractivity contribution in [3.05, 3.63) is 94.8 Å². The summed E-state index contributed by atoms with van der Waals surface area (Å²) in [5.41, 5.74) is 3.75. The molecule has 0 unspecified atom stereocenters. The van der Waals surface area contributed by atoms with Gasteiger partial charge in [-0.15, -0.1) is 0 Å². The van der Waals surface area contributed by atoms with Gasteiger partial charge in [-0.3, -0.25) is 4.90 Å². The minimum absolute atomic E-state index is 0.136. The number of halogens is 2. The van der Waals surface area contributed by atoms with Crippen LogP contribution in [0.5, 0.6) is 0 Å². The van der Waals surface area contributed by atoms with Crippen LogP contribution in [0.2, 0.25) is 0 Å². The lowest BCUT2D eigenvalue weighted by Crippen LogP contribution is -2.37. The van der Waals surface area contributed by atoms with Crippen molar-refractivity contribution in [3.63, 3.8) is 0 Å². The van der Waals surface area contributed by atoms with Gasteiger partial charge in [0.05, 0.1) is 0 Å². The summed E-state index contributed by atoms with van der Waals surface area (Å²) in [6, 6.07) is 16.9. The third-order valence-corrected chi connectivity index (χ3v) is 5.69. The average molecular weight is 397 g/mol. The Kier molecular flexibility index (Phi) is 6.86. The Morgan fingerprint density at radius 1 is 0.897 bits per heavy atom. The van der Waals surface area contributed by atoms with E-state index in [1.165, 1.54) is 29.3 Å². The number of hydrogen-bond donors (Lipinski definition) is 0. The standard InChI is InChI=1S/C25H30F2N2/c1-18(2)20(4)29(17-23-24(26)11-6-12-25(23)27)16-22-10-7-13-28(22)15-21-9-5-8-19(3)14-21/h5-14,18,20H,15-17H2,1-4H3/t20-/m0/s1. The summed E-state index contributed by atoms with van der Waals surface area (Å²) in [4.78, 5) is 2.16. The lowest BCUT2D eigenvalue weighted by Gasteiger charge is -2.32. The highest BCUT2D eigenvalue weighted by molar-refractivity contribution is 5.24. The molecule has 0 aliphatic rings. The third-order valence-electron chi connectivity index (χ3n) is 5.69. The van der Waals surface area contributed by atoms with Crippen molar-refractivity contribution >= 4 is 0 Å². The first kappa shape index (κ1) is 21.3. The van der Waals surface area contributed by atoms with Crippen molar-refractivity contribution in [1.82, 2.24) is 9.47 Å². The van der Waals surface area contributed by atoms with Gasteiger partial charge >= 0.3 is 0 Å². The Labute approximate surface area is 172 Å². The second kappa shape index (κ2) is 9.36. The van der Waals surface area contributed by atoms with Crippen LogP contribution in [0.4, 0.5) is 8.78 Å². The lowest BCUT2D eigenvalue weighted by molar-refractivity contribution is 0.144. The van der Waals surface area contributed by atoms with Crippen LogP contribution in [-0.2, 0) is 19.6 Å². The molecule has 3 rings (SSSR count). The molecular weight excluding hydrogens is 366 g/mol. The van der Waals surface area contributed by atoms with Gasteiger partial charge in [-0.2, -0.15) is 0 Å². The zero-order chi connectivity index (χ0) is 21.0. The van der Waals surface area contributed by atoms with Gasteiger partial charge in [0.25, 0.3) is 0 Å². The molecule has 0 amide bonds. The summed E-state index contributed by atoms with van der Waals surface area (Å²) < 4.78 is 30.8. The van der Waals surface area contributed by atoms with Crippen LogP contribution in [0.3, 0.4) is 0 Å². The van der Waals surface area contributed by atoms with Crippen molar-refractivity contribution in [2.75, 3.05) is 0 Å². The molecule has 1 aromatic heterocycles. The Bertz CT molecular complexity index is 925. The molecule has 154 valence electrons. The van der Waals surface area contributed by atoms with Gasteiger partial charge < -0.3 is 4.57 Å². The summed E-state index contributed by atoms with van der Waals surface area (Å²) in [5, 5.41) is 0. The van der Waals surface area contributed by atoms with Gasteiger partial charge in [0, 0.05) is 43.1 Å². The van der Waals surface area contributed by atoms with Crippen molar-refractivity contribution in [3.8, 4) is 0 Å². The van der Waals surface area contributed by atoms with E-state index in [9.17, 15) is 8.78 Å². The quantitative estimate of drug-likeness (QED) is 0.442. The number of aromatic nitrogens is 1. The summed E-state index contributed by atoms with van der Waals surface area (Å²) >= 11 is 0. The smallest absolute Gasteiger partial charge is 0.130 e. The number of rotatable bonds is 8. The molecule has 1 heterocycles. The van der Waals surface area contributed by atoms with E-state index in [0.29, 0.717) is 12.5 Å². The lowest BCUT2D eigenvalue weighted by atomic mass is 10.0. The SMILES string of the molecule is Cc1cccc(Cn2cccc2CN(Cc2c(F)cccc2F)[C@@H](C)C(C)C)c1. The van der Waals surface area contributed by atoms with Crippen molar-refractivity contribution < 1.29 is 8.78 Å². The molecule has 0 spiro atoms. The van der Waals surface area contributed by atoms with Crippen molar-refractivity contribution in [1.29, 1.82) is 0 Å². The van der Waals surface area contributed by atoms with Gasteiger partial charge in [0.2, 0.25) is 0 Å². The van der Waals surface area contributed by atoms with E-state index < -0.39 is 11.6 Å². The molecule has 0 aliphatic heterocycles. The summed E-state index contributed by atoms with van der Waals surface area (Å²) in [6.07, 6.45) is 2.07. The number of nitrogens with zero attached hydrogens (tertiary/aromatic N) is 2. The molecular formula is C25H30F2N2. The van der Waals surface area contributed by atoms with Crippen LogP contribution >= 0.6 is 0 Å². The predicted octanol–water partition coefficient (Wildman–Crippen LogP) is 6.17. The van der Waals surface area contributed by atoms with E-state index in [-0.39, 0.29) is 18.2 Å². The first-order valence-electron chi connectivity index (χ1n) is 10.2. The van der Waals surface area contributed by atoms with E-state index >= 15 is 0 Å². The van der Waals surface area contributed by atoms with Crippen LogP contribution in [0.1, 0.15) is 43.2 Å². The van der Waals surface area contributed by atoms with E-state index in [0.717, 1.165) is 12.2 Å². The highest BCUT2D eigenvalue weighted by Crippen LogP contribution is 2.22. The number of benzene rings is 2. The fourth-order valence-electron chi connectivity index (χ4n) is 3.61. The van der Waals surface area contributed by atoms with Crippen LogP contribution in [0, 0.1) is 24.5 Å². The van der Waals surface area contributed by atoms with E-state index in [1.807, 2.05) is 6.07 Å². The molecule has 0 N–H and O–H groups in total. The summed E-state index contributed by atoms with van der Waals surface area (Å²) in [5.74, 6) is -0.604. The van der Waals surface area contributed by atoms with Gasteiger partial charge in [0.15, 0.2) is 0 Å². The molecule has 0 bridgehead atoms. The molecule has 0 aliphatic carbocycles. The summed E-state index contributed by atoms with van der Waals surface area (Å²) in [6.45, 7) is 10.1. The first-order chi connectivity index (χ1) is 13.8. The molecule has 4 heteroatoms. The molecule has 1 atom stereocenters. The van der Waals surface area contributed by atoms with Crippen molar-refractivity contribution in [2.45, 2.75) is 53.4 Å². The maximum Gasteiger partial charge on any atom is 0.130 e. The Balaban J connectivity index is 1.84. The van der Waals surface area contributed by atoms with E-state index in [2.05, 4.69) is 73.7 Å². The average Bonchev–Trinajstić information content (AvgIpc) is 3.10. The fraction of sp³-hybridized carbons (Fsp3) is 0.360. The third kappa shape index (κ3) is 5.33. The predicted molar refractivity (Wildman–Crippen MR) is 115 cm³/mol. The molecule has 2 nitrogen and oxygen atoms in total. The number of hydrogen-bond acceptors (Lipinski definition) is 1. The second-order valence-electron chi connectivity index (χ2n) is 8.21. The highest BCUT2D eigenvalue weighted by Gasteiger charge is 2.22. The molecule has 0 fully saturated rings. The van der Waals surface area contributed by atoms with Crippen LogP contribution in [0.25, 0.3) is 0 Å². The monoisotopic (exact) mass is 396 g/mol. The zero-order valence-electron chi connectivity index (χ0n) is 17.7. The maximum atomic E-state index is 14.3. The molecule has 3 aromatic rings. The topological polar surface area (TPSA) is 8.17 Å². The fourth-order valence-corrected chi connectivity index (χ4v) is 3.61. The van der Waals surface area contributed by atoms with Gasteiger partial charge in [0.1, 0.15) is 11.6 Å². The van der Waals surface area contributed by atoms with Gasteiger partial charge in [-0.1, -0.05) is 49.7 Å². The molecule has 0 saturated carbocycles. The van der Waals surface area contributed by atoms with Crippen LogP contribution < -0.4 is 0 Å². The Morgan fingerprint density at radius 3 is 2.24 bits per heavy atom. The normalized spacial score (nSPS) is 12.7. The molecule has 0 saturated heterocycles. The molecule has 0 radical (unpaired) electrons. The van der Waals surface area contributed by atoms with Crippen LogP contribution in [-0.4, -0.2) is 15.5 Å². The minimum Gasteiger partial charge on any atom is -0.346 e.